The molecule has 1 N–H and O–H groups in total. The molecule has 0 radical (unpaired) electrons. The lowest BCUT2D eigenvalue weighted by Gasteiger charge is -2.22. The Morgan fingerprint density at radius 1 is 1.25 bits per heavy atom. The molecule has 2 fully saturated rings. The molecule has 4 heteroatoms. The van der Waals surface area contributed by atoms with Crippen molar-refractivity contribution in [2.45, 2.75) is 37.5 Å². The number of amides is 1. The third kappa shape index (κ3) is 3.11. The Morgan fingerprint density at radius 2 is 2.00 bits per heavy atom. The largest absolute Gasteiger partial charge is 0.381 e. The molecule has 1 saturated heterocycles. The van der Waals surface area contributed by atoms with Gasteiger partial charge in [-0.1, -0.05) is 6.42 Å². The van der Waals surface area contributed by atoms with Gasteiger partial charge in [-0.15, -0.1) is 11.6 Å². The second kappa shape index (κ2) is 5.87. The molecule has 2 rings (SSSR count). The first-order valence-corrected chi connectivity index (χ1v) is 6.70. The Bertz CT molecular complexity index is 241. The highest BCUT2D eigenvalue weighted by Crippen LogP contribution is 2.29. The number of hydrogen-bond donors (Lipinski definition) is 1. The molecule has 0 spiro atoms. The van der Waals surface area contributed by atoms with E-state index in [4.69, 9.17) is 16.3 Å². The Labute approximate surface area is 102 Å². The minimum absolute atomic E-state index is 0.156. The predicted octanol–water partition coefficient (Wildman–Crippen LogP) is 1.94. The molecule has 2 atom stereocenters. The first kappa shape index (κ1) is 12.2. The highest BCUT2D eigenvalue weighted by atomic mass is 35.5. The van der Waals surface area contributed by atoms with Crippen LogP contribution in [0.5, 0.6) is 0 Å². The summed E-state index contributed by atoms with van der Waals surface area (Å²) >= 11 is 6.18. The summed E-state index contributed by atoms with van der Waals surface area (Å²) in [6.07, 6.45) is 5.18. The van der Waals surface area contributed by atoms with Gasteiger partial charge >= 0.3 is 0 Å². The van der Waals surface area contributed by atoms with E-state index < -0.39 is 0 Å². The monoisotopic (exact) mass is 245 g/mol. The summed E-state index contributed by atoms with van der Waals surface area (Å²) in [7, 11) is 0. The zero-order valence-electron chi connectivity index (χ0n) is 9.58. The quantitative estimate of drug-likeness (QED) is 0.772. The summed E-state index contributed by atoms with van der Waals surface area (Å²) < 4.78 is 5.24. The minimum atomic E-state index is 0.156. The van der Waals surface area contributed by atoms with Crippen LogP contribution in [0.3, 0.4) is 0 Å². The summed E-state index contributed by atoms with van der Waals surface area (Å²) in [5.41, 5.74) is 0. The standard InChI is InChI=1S/C12H20ClNO2/c13-11-3-1-2-10(11)8-14-12(15)9-4-6-16-7-5-9/h9-11H,1-8H2,(H,14,15). The van der Waals surface area contributed by atoms with Gasteiger partial charge in [-0.2, -0.15) is 0 Å². The number of carbonyl (C=O) groups is 1. The highest BCUT2D eigenvalue weighted by molar-refractivity contribution is 6.20. The molecular formula is C12H20ClNO2. The third-order valence-corrected chi connectivity index (χ3v) is 4.27. The Hall–Kier alpha value is -0.280. The average molecular weight is 246 g/mol. The second-order valence-corrected chi connectivity index (χ2v) is 5.40. The molecule has 1 aliphatic heterocycles. The highest BCUT2D eigenvalue weighted by Gasteiger charge is 2.27. The molecule has 92 valence electrons. The molecule has 1 amide bonds. The van der Waals surface area contributed by atoms with Gasteiger partial charge in [0.2, 0.25) is 5.91 Å². The lowest BCUT2D eigenvalue weighted by atomic mass is 9.99. The van der Waals surface area contributed by atoms with Crippen molar-refractivity contribution in [2.75, 3.05) is 19.8 Å². The molecular weight excluding hydrogens is 226 g/mol. The Balaban J connectivity index is 1.70. The molecule has 2 unspecified atom stereocenters. The van der Waals surface area contributed by atoms with Crippen LogP contribution < -0.4 is 5.32 Å². The maximum atomic E-state index is 11.9. The van der Waals surface area contributed by atoms with E-state index in [0.29, 0.717) is 5.92 Å². The van der Waals surface area contributed by atoms with Gasteiger partial charge < -0.3 is 10.1 Å². The molecule has 1 saturated carbocycles. The molecule has 2 aliphatic rings. The summed E-state index contributed by atoms with van der Waals surface area (Å²) in [6.45, 7) is 2.20. The summed E-state index contributed by atoms with van der Waals surface area (Å²) in [4.78, 5) is 11.9. The van der Waals surface area contributed by atoms with Crippen molar-refractivity contribution in [3.63, 3.8) is 0 Å². The first-order valence-electron chi connectivity index (χ1n) is 6.27. The van der Waals surface area contributed by atoms with Crippen LogP contribution >= 0.6 is 11.6 Å². The van der Waals surface area contributed by atoms with Crippen LogP contribution in [-0.2, 0) is 9.53 Å². The van der Waals surface area contributed by atoms with Gasteiger partial charge in [-0.3, -0.25) is 4.79 Å². The molecule has 3 nitrogen and oxygen atoms in total. The molecule has 0 aromatic heterocycles. The number of hydrogen-bond acceptors (Lipinski definition) is 2. The van der Waals surface area contributed by atoms with E-state index in [2.05, 4.69) is 5.32 Å². The van der Waals surface area contributed by atoms with E-state index in [0.717, 1.165) is 45.4 Å². The zero-order chi connectivity index (χ0) is 11.4. The second-order valence-electron chi connectivity index (χ2n) is 4.84. The van der Waals surface area contributed by atoms with E-state index in [9.17, 15) is 4.79 Å². The smallest absolute Gasteiger partial charge is 0.223 e. The number of ether oxygens (including phenoxy) is 1. The van der Waals surface area contributed by atoms with Crippen LogP contribution in [0, 0.1) is 11.8 Å². The number of carbonyl (C=O) groups excluding carboxylic acids is 1. The van der Waals surface area contributed by atoms with E-state index in [1.807, 2.05) is 0 Å². The van der Waals surface area contributed by atoms with Gasteiger partial charge in [0, 0.05) is 31.1 Å². The van der Waals surface area contributed by atoms with Gasteiger partial charge in [-0.05, 0) is 31.6 Å². The van der Waals surface area contributed by atoms with Gasteiger partial charge in [-0.25, -0.2) is 0 Å². The van der Waals surface area contributed by atoms with Gasteiger partial charge in [0.15, 0.2) is 0 Å². The van der Waals surface area contributed by atoms with Crippen molar-refractivity contribution in [3.8, 4) is 0 Å². The van der Waals surface area contributed by atoms with Crippen LogP contribution in [0.2, 0.25) is 0 Å². The van der Waals surface area contributed by atoms with Gasteiger partial charge in [0.25, 0.3) is 0 Å². The lowest BCUT2D eigenvalue weighted by Crippen LogP contribution is -2.37. The molecule has 1 heterocycles. The molecule has 0 bridgehead atoms. The summed E-state index contributed by atoms with van der Waals surface area (Å²) in [5.74, 6) is 0.827. The fourth-order valence-electron chi connectivity index (χ4n) is 2.56. The van der Waals surface area contributed by atoms with E-state index in [-0.39, 0.29) is 17.2 Å². The SMILES string of the molecule is O=C(NCC1CCCC1Cl)C1CCOCC1. The predicted molar refractivity (Wildman–Crippen MR) is 63.5 cm³/mol. The molecule has 0 aromatic carbocycles. The Morgan fingerprint density at radius 3 is 2.62 bits per heavy atom. The number of nitrogens with one attached hydrogen (secondary N) is 1. The normalized spacial score (nSPS) is 31.6. The fraction of sp³-hybridized carbons (Fsp3) is 0.917. The first-order chi connectivity index (χ1) is 7.77. The van der Waals surface area contributed by atoms with Crippen molar-refractivity contribution in [3.05, 3.63) is 0 Å². The van der Waals surface area contributed by atoms with Gasteiger partial charge in [0.05, 0.1) is 0 Å². The van der Waals surface area contributed by atoms with Crippen LogP contribution in [-0.4, -0.2) is 31.0 Å². The number of halogens is 1. The van der Waals surface area contributed by atoms with Crippen molar-refractivity contribution in [2.24, 2.45) is 11.8 Å². The fourth-order valence-corrected chi connectivity index (χ4v) is 2.93. The summed E-state index contributed by atoms with van der Waals surface area (Å²) in [5, 5.41) is 3.31. The molecule has 1 aliphatic carbocycles. The summed E-state index contributed by atoms with van der Waals surface area (Å²) in [6, 6.07) is 0. The van der Waals surface area contributed by atoms with Crippen LogP contribution in [0.4, 0.5) is 0 Å². The van der Waals surface area contributed by atoms with Crippen molar-refractivity contribution < 1.29 is 9.53 Å². The Kier molecular flexibility index (Phi) is 4.47. The van der Waals surface area contributed by atoms with Gasteiger partial charge in [0.1, 0.15) is 0 Å². The number of alkyl halides is 1. The van der Waals surface area contributed by atoms with E-state index in [1.165, 1.54) is 6.42 Å². The minimum Gasteiger partial charge on any atom is -0.381 e. The van der Waals surface area contributed by atoms with Crippen LogP contribution in [0.1, 0.15) is 32.1 Å². The van der Waals surface area contributed by atoms with E-state index in [1.54, 1.807) is 0 Å². The van der Waals surface area contributed by atoms with Crippen molar-refractivity contribution in [1.82, 2.24) is 5.32 Å². The maximum absolute atomic E-state index is 11.9. The van der Waals surface area contributed by atoms with Crippen molar-refractivity contribution in [1.29, 1.82) is 0 Å². The van der Waals surface area contributed by atoms with Crippen LogP contribution in [0.25, 0.3) is 0 Å². The average Bonchev–Trinajstić information content (AvgIpc) is 2.73. The zero-order valence-corrected chi connectivity index (χ0v) is 10.3. The molecule has 0 aromatic rings. The maximum Gasteiger partial charge on any atom is 0.223 e. The number of rotatable bonds is 3. The third-order valence-electron chi connectivity index (χ3n) is 3.70. The van der Waals surface area contributed by atoms with Crippen molar-refractivity contribution >= 4 is 17.5 Å². The molecule has 16 heavy (non-hydrogen) atoms. The van der Waals surface area contributed by atoms with Crippen LogP contribution in [0.15, 0.2) is 0 Å². The van der Waals surface area contributed by atoms with E-state index >= 15 is 0 Å². The topological polar surface area (TPSA) is 38.3 Å². The lowest BCUT2D eigenvalue weighted by molar-refractivity contribution is -0.128.